The van der Waals surface area contributed by atoms with Crippen molar-refractivity contribution in [3.05, 3.63) is 65.9 Å². The Morgan fingerprint density at radius 2 is 1.90 bits per heavy atom. The van der Waals surface area contributed by atoms with Crippen LogP contribution in [0.5, 0.6) is 0 Å². The van der Waals surface area contributed by atoms with Crippen molar-refractivity contribution in [2.75, 3.05) is 11.4 Å². The minimum Gasteiger partial charge on any atom is -0.375 e. The molecular formula is C24H26N2O3. The fourth-order valence-electron chi connectivity index (χ4n) is 4.22. The number of ketones is 1. The van der Waals surface area contributed by atoms with E-state index in [1.807, 2.05) is 43.5 Å². The van der Waals surface area contributed by atoms with Crippen LogP contribution < -0.4 is 4.90 Å². The number of nitrogens with one attached hydrogen (secondary N) is 1. The summed E-state index contributed by atoms with van der Waals surface area (Å²) in [6.07, 6.45) is 4.54. The van der Waals surface area contributed by atoms with Crippen molar-refractivity contribution >= 4 is 28.3 Å². The predicted octanol–water partition coefficient (Wildman–Crippen LogP) is 4.09. The van der Waals surface area contributed by atoms with Crippen molar-refractivity contribution in [1.29, 1.82) is 0 Å². The molecule has 1 aromatic heterocycles. The maximum atomic E-state index is 13.2. The third-order valence-electron chi connectivity index (χ3n) is 5.78. The number of aliphatic hydroxyl groups is 1. The molecule has 0 fully saturated rings. The lowest BCUT2D eigenvalue weighted by Gasteiger charge is -2.22. The van der Waals surface area contributed by atoms with Crippen molar-refractivity contribution in [1.82, 2.24) is 4.98 Å². The quantitative estimate of drug-likeness (QED) is 0.608. The molecule has 0 spiro atoms. The molecule has 0 aliphatic carbocycles. The molecule has 0 unspecified atom stereocenters. The van der Waals surface area contributed by atoms with Crippen molar-refractivity contribution in [3.8, 4) is 0 Å². The number of para-hydroxylation sites is 2. The lowest BCUT2D eigenvalue weighted by Crippen LogP contribution is -2.42. The number of fused-ring (bicyclic) bond motifs is 2. The highest BCUT2D eigenvalue weighted by Gasteiger charge is 2.50. The van der Waals surface area contributed by atoms with E-state index in [9.17, 15) is 14.7 Å². The van der Waals surface area contributed by atoms with Crippen LogP contribution in [-0.4, -0.2) is 28.3 Å². The van der Waals surface area contributed by atoms with Crippen LogP contribution in [0.15, 0.2) is 54.7 Å². The Morgan fingerprint density at radius 1 is 1.14 bits per heavy atom. The summed E-state index contributed by atoms with van der Waals surface area (Å²) in [7, 11) is 0. The van der Waals surface area contributed by atoms with Crippen LogP contribution in [0.4, 0.5) is 5.69 Å². The molecule has 1 amide bonds. The van der Waals surface area contributed by atoms with Crippen LogP contribution in [0.1, 0.15) is 43.7 Å². The van der Waals surface area contributed by atoms with E-state index in [4.69, 9.17) is 0 Å². The van der Waals surface area contributed by atoms with Gasteiger partial charge < -0.3 is 15.0 Å². The Morgan fingerprint density at radius 3 is 2.72 bits per heavy atom. The number of aromatic amines is 1. The molecule has 29 heavy (non-hydrogen) atoms. The third-order valence-corrected chi connectivity index (χ3v) is 5.78. The number of anilines is 1. The lowest BCUT2D eigenvalue weighted by atomic mass is 9.89. The number of rotatable bonds is 8. The monoisotopic (exact) mass is 390 g/mol. The minimum atomic E-state index is -1.76. The Bertz CT molecular complexity index is 1050. The van der Waals surface area contributed by atoms with E-state index in [1.54, 1.807) is 17.0 Å². The Labute approximate surface area is 170 Å². The fourth-order valence-corrected chi connectivity index (χ4v) is 4.22. The number of carbonyl (C=O) groups is 2. The van der Waals surface area contributed by atoms with E-state index in [0.717, 1.165) is 29.3 Å². The topological polar surface area (TPSA) is 73.4 Å². The largest absolute Gasteiger partial charge is 0.375 e. The van der Waals surface area contributed by atoms with Crippen molar-refractivity contribution in [2.45, 2.75) is 44.6 Å². The van der Waals surface area contributed by atoms with Gasteiger partial charge >= 0.3 is 0 Å². The van der Waals surface area contributed by atoms with Gasteiger partial charge in [-0.25, -0.2) is 0 Å². The molecule has 150 valence electrons. The van der Waals surface area contributed by atoms with Gasteiger partial charge in [-0.05, 0) is 30.5 Å². The third kappa shape index (κ3) is 3.47. The zero-order valence-electron chi connectivity index (χ0n) is 16.6. The summed E-state index contributed by atoms with van der Waals surface area (Å²) in [6, 6.07) is 15.3. The summed E-state index contributed by atoms with van der Waals surface area (Å²) in [6.45, 7) is 2.47. The summed E-state index contributed by atoms with van der Waals surface area (Å²) in [5.41, 5.74) is 1.66. The maximum absolute atomic E-state index is 13.2. The van der Waals surface area contributed by atoms with Crippen LogP contribution in [0.25, 0.3) is 10.9 Å². The predicted molar refractivity (Wildman–Crippen MR) is 114 cm³/mol. The van der Waals surface area contributed by atoms with Gasteiger partial charge in [-0.1, -0.05) is 49.7 Å². The molecule has 1 aliphatic rings. The number of nitrogens with zero attached hydrogens (tertiary/aromatic N) is 1. The van der Waals surface area contributed by atoms with Crippen molar-refractivity contribution < 1.29 is 14.7 Å². The van der Waals surface area contributed by atoms with Gasteiger partial charge in [-0.3, -0.25) is 9.59 Å². The van der Waals surface area contributed by atoms with Gasteiger partial charge in [0, 0.05) is 42.0 Å². The molecule has 5 nitrogen and oxygen atoms in total. The molecule has 4 rings (SSSR count). The number of hydrogen-bond acceptors (Lipinski definition) is 3. The molecule has 2 N–H and O–H groups in total. The molecule has 3 aromatic rings. The molecule has 2 aromatic carbocycles. The van der Waals surface area contributed by atoms with Gasteiger partial charge in [0.2, 0.25) is 0 Å². The number of Topliss-reactive ketones (excluding diaryl/α,β-unsaturated/α-hetero) is 1. The number of H-pyrrole nitrogens is 1. The van der Waals surface area contributed by atoms with Crippen molar-refractivity contribution in [3.63, 3.8) is 0 Å². The first-order valence-electron chi connectivity index (χ1n) is 10.2. The van der Waals surface area contributed by atoms with Gasteiger partial charge in [0.05, 0.1) is 5.69 Å². The van der Waals surface area contributed by atoms with Crippen LogP contribution in [-0.2, 0) is 21.6 Å². The average Bonchev–Trinajstić information content (AvgIpc) is 3.23. The zero-order chi connectivity index (χ0) is 20.4. The standard InChI is InChI=1S/C24H26N2O3/c1-2-3-8-18(27)15-24(29)20-10-5-7-12-22(20)26(23(24)28)14-13-17-16-25-21-11-6-4-9-19(17)21/h4-7,9-12,16,25,29H,2-3,8,13-15H2,1H3/t24-/m1/s1. The number of hydrogen-bond donors (Lipinski definition) is 2. The number of amides is 1. The summed E-state index contributed by atoms with van der Waals surface area (Å²) >= 11 is 0. The van der Waals surface area contributed by atoms with Gasteiger partial charge in [0.25, 0.3) is 5.91 Å². The normalized spacial score (nSPS) is 18.4. The molecular weight excluding hydrogens is 364 g/mol. The van der Waals surface area contributed by atoms with Gasteiger partial charge in [0.15, 0.2) is 5.60 Å². The Kier molecular flexibility index (Phi) is 5.24. The zero-order valence-corrected chi connectivity index (χ0v) is 16.6. The molecule has 0 saturated carbocycles. The SMILES string of the molecule is CCCCC(=O)C[C@]1(O)C(=O)N(CCc2c[nH]c3ccccc23)c2ccccc21. The second kappa shape index (κ2) is 7.84. The smallest absolute Gasteiger partial charge is 0.264 e. The second-order valence-electron chi connectivity index (χ2n) is 7.76. The van der Waals surface area contributed by atoms with E-state index in [-0.39, 0.29) is 12.2 Å². The average molecular weight is 390 g/mol. The number of unbranched alkanes of at least 4 members (excludes halogenated alkanes) is 1. The van der Waals surface area contributed by atoms with Crippen molar-refractivity contribution in [2.24, 2.45) is 0 Å². The lowest BCUT2D eigenvalue weighted by molar-refractivity contribution is -0.141. The van der Waals surface area contributed by atoms with E-state index < -0.39 is 11.5 Å². The highest BCUT2D eigenvalue weighted by molar-refractivity contribution is 6.09. The summed E-state index contributed by atoms with van der Waals surface area (Å²) in [5, 5.41) is 12.4. The highest BCUT2D eigenvalue weighted by atomic mass is 16.3. The summed E-state index contributed by atoms with van der Waals surface area (Å²) in [4.78, 5) is 30.5. The molecule has 2 heterocycles. The Balaban J connectivity index is 1.58. The van der Waals surface area contributed by atoms with Gasteiger partial charge in [0.1, 0.15) is 5.78 Å². The molecule has 1 atom stereocenters. The van der Waals surface area contributed by atoms with Crippen LogP contribution >= 0.6 is 0 Å². The molecule has 0 saturated heterocycles. The second-order valence-corrected chi connectivity index (χ2v) is 7.76. The van der Waals surface area contributed by atoms with E-state index >= 15 is 0 Å². The highest BCUT2D eigenvalue weighted by Crippen LogP contribution is 2.42. The molecule has 0 bridgehead atoms. The van der Waals surface area contributed by atoms with Crippen LogP contribution in [0, 0.1) is 0 Å². The number of carbonyl (C=O) groups excluding carboxylic acids is 2. The summed E-state index contributed by atoms with van der Waals surface area (Å²) in [5.74, 6) is -0.473. The maximum Gasteiger partial charge on any atom is 0.264 e. The van der Waals surface area contributed by atoms with E-state index in [2.05, 4.69) is 11.1 Å². The molecule has 1 aliphatic heterocycles. The fraction of sp³-hybridized carbons (Fsp3) is 0.333. The van der Waals surface area contributed by atoms with E-state index in [1.165, 1.54) is 0 Å². The first kappa shape index (κ1) is 19.4. The Hall–Kier alpha value is -2.92. The molecule has 5 heteroatoms. The van der Waals surface area contributed by atoms with Crippen LogP contribution in [0.3, 0.4) is 0 Å². The summed E-state index contributed by atoms with van der Waals surface area (Å²) < 4.78 is 0. The van der Waals surface area contributed by atoms with Crippen LogP contribution in [0.2, 0.25) is 0 Å². The minimum absolute atomic E-state index is 0.0732. The van der Waals surface area contributed by atoms with Gasteiger partial charge in [-0.15, -0.1) is 0 Å². The number of aromatic nitrogens is 1. The van der Waals surface area contributed by atoms with E-state index in [0.29, 0.717) is 30.6 Å². The van der Waals surface area contributed by atoms with Gasteiger partial charge in [-0.2, -0.15) is 0 Å². The first-order chi connectivity index (χ1) is 14.0. The molecule has 0 radical (unpaired) electrons. The number of benzene rings is 2. The first-order valence-corrected chi connectivity index (χ1v) is 10.2.